The van der Waals surface area contributed by atoms with Crippen molar-refractivity contribution in [1.82, 2.24) is 4.98 Å². The maximum Gasteiger partial charge on any atom is 0.119 e. The predicted molar refractivity (Wildman–Crippen MR) is 107 cm³/mol. The van der Waals surface area contributed by atoms with E-state index in [1.54, 1.807) is 0 Å². The number of piperidine rings is 1. The first-order chi connectivity index (χ1) is 12.7. The number of hydrogen-bond donors (Lipinski definition) is 2. The minimum absolute atomic E-state index is 0.300. The summed E-state index contributed by atoms with van der Waals surface area (Å²) in [6.07, 6.45) is 7.62. The van der Waals surface area contributed by atoms with E-state index in [-0.39, 0.29) is 0 Å². The summed E-state index contributed by atoms with van der Waals surface area (Å²) in [6.45, 7) is 2.47. The number of nitrogens with zero attached hydrogens (tertiary/aromatic N) is 4. The number of aliphatic imine (C=N–C) groups is 1. The normalized spacial score (nSPS) is 18.5. The van der Waals surface area contributed by atoms with Crippen LogP contribution in [0.4, 0.5) is 11.4 Å². The second-order valence-corrected chi connectivity index (χ2v) is 6.78. The Hall–Kier alpha value is -2.86. The summed E-state index contributed by atoms with van der Waals surface area (Å²) in [5.41, 5.74) is 16.5. The largest absolute Gasteiger partial charge is 0.386 e. The van der Waals surface area contributed by atoms with Crippen LogP contribution in [-0.4, -0.2) is 36.5 Å². The molecule has 2 aromatic rings. The molecule has 1 fully saturated rings. The van der Waals surface area contributed by atoms with Gasteiger partial charge in [0.15, 0.2) is 0 Å². The molecule has 0 aliphatic carbocycles. The van der Waals surface area contributed by atoms with Gasteiger partial charge in [-0.15, -0.1) is 0 Å². The van der Waals surface area contributed by atoms with Crippen molar-refractivity contribution < 1.29 is 0 Å². The van der Waals surface area contributed by atoms with Crippen molar-refractivity contribution in [2.75, 3.05) is 29.4 Å². The Balaban J connectivity index is 1.72. The third-order valence-electron chi connectivity index (χ3n) is 4.98. The molecule has 0 radical (unpaired) electrons. The van der Waals surface area contributed by atoms with Crippen LogP contribution in [0.2, 0.25) is 0 Å². The lowest BCUT2D eigenvalue weighted by molar-refractivity contribution is 0.501. The molecule has 0 spiro atoms. The zero-order valence-electron chi connectivity index (χ0n) is 14.8. The molecule has 1 aromatic carbocycles. The highest BCUT2D eigenvalue weighted by molar-refractivity contribution is 5.97. The summed E-state index contributed by atoms with van der Waals surface area (Å²) in [4.78, 5) is 13.3. The van der Waals surface area contributed by atoms with Crippen LogP contribution in [0.1, 0.15) is 18.4 Å². The lowest BCUT2D eigenvalue weighted by atomic mass is 10.0. The summed E-state index contributed by atoms with van der Waals surface area (Å²) in [5, 5.41) is 0. The SMILES string of the molecule is NC1=NC=C(c2ccccc2)N(c2cnccc2N2CCC(N)CC2)C1. The molecule has 6 nitrogen and oxygen atoms in total. The van der Waals surface area contributed by atoms with Gasteiger partial charge in [-0.3, -0.25) is 4.98 Å². The van der Waals surface area contributed by atoms with Crippen LogP contribution in [0.25, 0.3) is 5.70 Å². The van der Waals surface area contributed by atoms with E-state index in [2.05, 4.69) is 38.0 Å². The lowest BCUT2D eigenvalue weighted by Gasteiger charge is -2.37. The number of amidine groups is 1. The molecule has 0 atom stereocenters. The van der Waals surface area contributed by atoms with Crippen molar-refractivity contribution in [1.29, 1.82) is 0 Å². The maximum atomic E-state index is 6.08. The Kier molecular flexibility index (Phi) is 4.58. The number of rotatable bonds is 3. The highest BCUT2D eigenvalue weighted by atomic mass is 15.2. The van der Waals surface area contributed by atoms with Crippen molar-refractivity contribution in [2.24, 2.45) is 16.5 Å². The first kappa shape index (κ1) is 16.6. The Morgan fingerprint density at radius 3 is 2.54 bits per heavy atom. The molecular formula is C20H24N6. The summed E-state index contributed by atoms with van der Waals surface area (Å²) < 4.78 is 0. The fourth-order valence-corrected chi connectivity index (χ4v) is 3.55. The van der Waals surface area contributed by atoms with Gasteiger partial charge in [-0.1, -0.05) is 30.3 Å². The number of aromatic nitrogens is 1. The molecule has 1 saturated heterocycles. The van der Waals surface area contributed by atoms with Crippen LogP contribution in [0.3, 0.4) is 0 Å². The minimum Gasteiger partial charge on any atom is -0.386 e. The molecule has 2 aliphatic rings. The van der Waals surface area contributed by atoms with Gasteiger partial charge in [0.2, 0.25) is 0 Å². The van der Waals surface area contributed by atoms with Crippen molar-refractivity contribution in [3.8, 4) is 0 Å². The van der Waals surface area contributed by atoms with Gasteiger partial charge in [0.1, 0.15) is 5.84 Å². The molecule has 6 heteroatoms. The highest BCUT2D eigenvalue weighted by Gasteiger charge is 2.25. The van der Waals surface area contributed by atoms with Crippen molar-refractivity contribution in [3.63, 3.8) is 0 Å². The Morgan fingerprint density at radius 1 is 1.00 bits per heavy atom. The van der Waals surface area contributed by atoms with Gasteiger partial charge in [-0.2, -0.15) is 0 Å². The van der Waals surface area contributed by atoms with Crippen LogP contribution in [0, 0.1) is 0 Å². The Morgan fingerprint density at radius 2 is 1.77 bits per heavy atom. The molecule has 26 heavy (non-hydrogen) atoms. The molecule has 0 amide bonds. The Labute approximate surface area is 153 Å². The van der Waals surface area contributed by atoms with E-state index in [1.807, 2.05) is 36.8 Å². The van der Waals surface area contributed by atoms with E-state index >= 15 is 0 Å². The van der Waals surface area contributed by atoms with E-state index in [1.165, 1.54) is 5.69 Å². The number of nitrogens with two attached hydrogens (primary N) is 2. The molecule has 134 valence electrons. The van der Waals surface area contributed by atoms with Gasteiger partial charge in [0, 0.05) is 25.3 Å². The van der Waals surface area contributed by atoms with Gasteiger partial charge in [-0.05, 0) is 24.5 Å². The van der Waals surface area contributed by atoms with E-state index in [0.717, 1.165) is 42.9 Å². The average Bonchev–Trinajstić information content (AvgIpc) is 2.69. The molecular weight excluding hydrogens is 324 g/mol. The first-order valence-electron chi connectivity index (χ1n) is 9.02. The van der Waals surface area contributed by atoms with Gasteiger partial charge in [0.25, 0.3) is 0 Å². The standard InChI is InChI=1S/C20H24N6/c21-16-7-10-25(11-8-16)17-6-9-23-12-19(17)26-14-20(22)24-13-18(26)15-4-2-1-3-5-15/h1-6,9,12-13,16H,7-8,10-11,14,21H2,(H2,22,24). The van der Waals surface area contributed by atoms with Crippen molar-refractivity contribution in [3.05, 3.63) is 60.6 Å². The van der Waals surface area contributed by atoms with E-state index in [9.17, 15) is 0 Å². The summed E-state index contributed by atoms with van der Waals surface area (Å²) in [6, 6.07) is 12.6. The van der Waals surface area contributed by atoms with Crippen molar-refractivity contribution >= 4 is 22.9 Å². The van der Waals surface area contributed by atoms with Crippen LogP contribution in [0.5, 0.6) is 0 Å². The average molecular weight is 348 g/mol. The monoisotopic (exact) mass is 348 g/mol. The van der Waals surface area contributed by atoms with Crippen LogP contribution in [0.15, 0.2) is 60.0 Å². The highest BCUT2D eigenvalue weighted by Crippen LogP contribution is 2.35. The number of benzene rings is 1. The van der Waals surface area contributed by atoms with E-state index in [0.29, 0.717) is 18.4 Å². The quantitative estimate of drug-likeness (QED) is 0.888. The molecule has 4 rings (SSSR count). The van der Waals surface area contributed by atoms with Crippen molar-refractivity contribution in [2.45, 2.75) is 18.9 Å². The van der Waals surface area contributed by atoms with Crippen LogP contribution < -0.4 is 21.3 Å². The number of hydrogen-bond acceptors (Lipinski definition) is 6. The number of pyridine rings is 1. The summed E-state index contributed by atoms with van der Waals surface area (Å²) in [5.74, 6) is 0.597. The van der Waals surface area contributed by atoms with E-state index < -0.39 is 0 Å². The molecule has 4 N–H and O–H groups in total. The molecule has 0 saturated carbocycles. The minimum atomic E-state index is 0.300. The second-order valence-electron chi connectivity index (χ2n) is 6.78. The zero-order chi connectivity index (χ0) is 17.9. The van der Waals surface area contributed by atoms with Gasteiger partial charge in [-0.25, -0.2) is 4.99 Å². The topological polar surface area (TPSA) is 83.8 Å². The fourth-order valence-electron chi connectivity index (χ4n) is 3.55. The zero-order valence-corrected chi connectivity index (χ0v) is 14.8. The molecule has 0 bridgehead atoms. The maximum absolute atomic E-state index is 6.08. The molecule has 2 aliphatic heterocycles. The third-order valence-corrected chi connectivity index (χ3v) is 4.98. The van der Waals surface area contributed by atoms with Gasteiger partial charge in [0.05, 0.1) is 36.0 Å². The number of anilines is 2. The summed E-state index contributed by atoms with van der Waals surface area (Å²) >= 11 is 0. The summed E-state index contributed by atoms with van der Waals surface area (Å²) in [7, 11) is 0. The second kappa shape index (κ2) is 7.17. The molecule has 3 heterocycles. The van der Waals surface area contributed by atoms with Gasteiger partial charge < -0.3 is 21.3 Å². The van der Waals surface area contributed by atoms with E-state index in [4.69, 9.17) is 11.5 Å². The predicted octanol–water partition coefficient (Wildman–Crippen LogP) is 2.18. The molecule has 0 unspecified atom stereocenters. The Bertz CT molecular complexity index is 821. The lowest BCUT2D eigenvalue weighted by Crippen LogP contribution is -2.41. The van der Waals surface area contributed by atoms with Crippen LogP contribution >= 0.6 is 0 Å². The van der Waals surface area contributed by atoms with Crippen LogP contribution in [-0.2, 0) is 0 Å². The molecule has 1 aromatic heterocycles. The smallest absolute Gasteiger partial charge is 0.119 e. The fraction of sp³-hybridized carbons (Fsp3) is 0.300. The third kappa shape index (κ3) is 3.28. The van der Waals surface area contributed by atoms with Gasteiger partial charge >= 0.3 is 0 Å². The first-order valence-corrected chi connectivity index (χ1v) is 9.02.